The fraction of sp³-hybridized carbons (Fsp3) is 0.935. The Morgan fingerprint density at radius 1 is 0.737 bits per heavy atom. The van der Waals surface area contributed by atoms with Crippen LogP contribution in [0.2, 0.25) is 0 Å². The summed E-state index contributed by atoms with van der Waals surface area (Å²) in [7, 11) is 0. The van der Waals surface area contributed by atoms with Gasteiger partial charge in [-0.2, -0.15) is 0 Å². The highest BCUT2D eigenvalue weighted by Gasteiger charge is 2.19. The van der Waals surface area contributed by atoms with Gasteiger partial charge in [0.1, 0.15) is 0 Å². The van der Waals surface area contributed by atoms with Crippen molar-refractivity contribution in [3.63, 3.8) is 0 Å². The molecule has 0 aliphatic heterocycles. The number of nitrogens with zero attached hydrogens (tertiary/aromatic N) is 1. The van der Waals surface area contributed by atoms with Crippen molar-refractivity contribution in [3.8, 4) is 0 Å². The summed E-state index contributed by atoms with van der Waals surface area (Å²) in [6.45, 7) is 7.84. The van der Waals surface area contributed by atoms with Crippen LogP contribution in [0.15, 0.2) is 0 Å². The molecule has 0 radical (unpaired) electrons. The standard InChI is InChI=1S/C31H61NO6/c1-3-5-7-9-10-14-20-29(19-13-8-6-4-2)31(36)38-26-18-15-21-30(35)27-32(23-24-33)22-16-11-12-17-25-37-28-34/h28-30,33,35H,3-27H2,1-2H3. The molecule has 0 fully saturated rings. The van der Waals surface area contributed by atoms with Crippen molar-refractivity contribution < 1.29 is 29.3 Å². The first-order chi connectivity index (χ1) is 18.6. The Balaban J connectivity index is 4.16. The number of carbonyl (C=O) groups is 2. The van der Waals surface area contributed by atoms with Crippen molar-refractivity contribution in [3.05, 3.63) is 0 Å². The predicted molar refractivity (Wildman–Crippen MR) is 155 cm³/mol. The first-order valence-electron chi connectivity index (χ1n) is 15.8. The second-order valence-electron chi connectivity index (χ2n) is 10.8. The van der Waals surface area contributed by atoms with Gasteiger partial charge in [-0.15, -0.1) is 0 Å². The molecule has 2 unspecified atom stereocenters. The lowest BCUT2D eigenvalue weighted by atomic mass is 9.94. The van der Waals surface area contributed by atoms with Gasteiger partial charge < -0.3 is 19.7 Å². The lowest BCUT2D eigenvalue weighted by Gasteiger charge is -2.24. The Hall–Kier alpha value is -1.18. The SMILES string of the molecule is CCCCCCCCC(CCCCCC)C(=O)OCCCCC(O)CN(CCO)CCCCCCOC=O. The number of aliphatic hydroxyl groups excluding tert-OH is 2. The normalized spacial score (nSPS) is 13.0. The molecule has 0 rings (SSSR count). The molecule has 0 aromatic heterocycles. The molecule has 0 saturated carbocycles. The molecule has 0 aromatic rings. The largest absolute Gasteiger partial charge is 0.468 e. The Labute approximate surface area is 234 Å². The van der Waals surface area contributed by atoms with Crippen molar-refractivity contribution in [1.29, 1.82) is 0 Å². The number of esters is 1. The zero-order valence-corrected chi connectivity index (χ0v) is 24.9. The molecule has 0 amide bonds. The lowest BCUT2D eigenvalue weighted by molar-refractivity contribution is -0.149. The van der Waals surface area contributed by atoms with Gasteiger partial charge >= 0.3 is 5.97 Å². The van der Waals surface area contributed by atoms with Crippen LogP contribution in [0, 0.1) is 5.92 Å². The Kier molecular flexibility index (Phi) is 27.9. The van der Waals surface area contributed by atoms with Crippen molar-refractivity contribution in [2.75, 3.05) is 39.5 Å². The minimum Gasteiger partial charge on any atom is -0.468 e. The number of aliphatic hydroxyl groups is 2. The van der Waals surface area contributed by atoms with Gasteiger partial charge in [-0.25, -0.2) is 0 Å². The molecule has 0 aliphatic rings. The second kappa shape index (κ2) is 28.8. The third kappa shape index (κ3) is 23.9. The van der Waals surface area contributed by atoms with E-state index in [4.69, 9.17) is 9.47 Å². The van der Waals surface area contributed by atoms with Crippen LogP contribution in [0.25, 0.3) is 0 Å². The molecule has 0 aromatic carbocycles. The van der Waals surface area contributed by atoms with Gasteiger partial charge in [0.05, 0.1) is 31.8 Å². The summed E-state index contributed by atoms with van der Waals surface area (Å²) < 4.78 is 10.4. The summed E-state index contributed by atoms with van der Waals surface area (Å²) in [6.07, 6.45) is 19.8. The van der Waals surface area contributed by atoms with Crippen molar-refractivity contribution in [1.82, 2.24) is 4.90 Å². The zero-order chi connectivity index (χ0) is 28.1. The third-order valence-corrected chi connectivity index (χ3v) is 7.26. The maximum absolute atomic E-state index is 12.8. The second-order valence-corrected chi connectivity index (χ2v) is 10.8. The van der Waals surface area contributed by atoms with E-state index in [9.17, 15) is 19.8 Å². The summed E-state index contributed by atoms with van der Waals surface area (Å²) in [5, 5.41) is 19.8. The Morgan fingerprint density at radius 2 is 1.29 bits per heavy atom. The maximum atomic E-state index is 12.8. The van der Waals surface area contributed by atoms with Gasteiger partial charge in [0.15, 0.2) is 0 Å². The number of rotatable bonds is 30. The molecule has 0 saturated heterocycles. The molecule has 0 bridgehead atoms. The van der Waals surface area contributed by atoms with Crippen LogP contribution < -0.4 is 0 Å². The van der Waals surface area contributed by atoms with Gasteiger partial charge in [0.25, 0.3) is 6.47 Å². The van der Waals surface area contributed by atoms with E-state index < -0.39 is 6.10 Å². The molecule has 0 aliphatic carbocycles. The summed E-state index contributed by atoms with van der Waals surface area (Å²) in [5.41, 5.74) is 0. The molecule has 38 heavy (non-hydrogen) atoms. The van der Waals surface area contributed by atoms with E-state index in [2.05, 4.69) is 18.7 Å². The van der Waals surface area contributed by atoms with Crippen molar-refractivity contribution in [2.45, 2.75) is 142 Å². The molecule has 0 spiro atoms. The molecule has 0 heterocycles. The highest BCUT2D eigenvalue weighted by Crippen LogP contribution is 2.20. The number of hydrogen-bond donors (Lipinski definition) is 2. The van der Waals surface area contributed by atoms with Crippen LogP contribution in [0.5, 0.6) is 0 Å². The fourth-order valence-corrected chi connectivity index (χ4v) is 4.89. The molecule has 2 atom stereocenters. The van der Waals surface area contributed by atoms with Gasteiger partial charge in [0.2, 0.25) is 0 Å². The van der Waals surface area contributed by atoms with Crippen LogP contribution in [-0.4, -0.2) is 73.1 Å². The minimum atomic E-state index is -0.447. The quantitative estimate of drug-likeness (QED) is 0.0612. The molecular formula is C31H61NO6. The van der Waals surface area contributed by atoms with E-state index in [0.717, 1.165) is 70.8 Å². The fourth-order valence-electron chi connectivity index (χ4n) is 4.89. The smallest absolute Gasteiger partial charge is 0.308 e. The van der Waals surface area contributed by atoms with Crippen LogP contribution >= 0.6 is 0 Å². The van der Waals surface area contributed by atoms with Crippen LogP contribution in [0.1, 0.15) is 136 Å². The summed E-state index contributed by atoms with van der Waals surface area (Å²) in [5.74, 6) is 0.00987. The van der Waals surface area contributed by atoms with E-state index in [0.29, 0.717) is 39.2 Å². The van der Waals surface area contributed by atoms with Gasteiger partial charge in [-0.3, -0.25) is 14.5 Å². The van der Waals surface area contributed by atoms with E-state index in [-0.39, 0.29) is 18.5 Å². The monoisotopic (exact) mass is 543 g/mol. The van der Waals surface area contributed by atoms with E-state index in [1.165, 1.54) is 51.4 Å². The van der Waals surface area contributed by atoms with Crippen LogP contribution in [0.3, 0.4) is 0 Å². The van der Waals surface area contributed by atoms with E-state index in [1.807, 2.05) is 0 Å². The maximum Gasteiger partial charge on any atom is 0.308 e. The molecule has 7 nitrogen and oxygen atoms in total. The summed E-state index contributed by atoms with van der Waals surface area (Å²) in [6, 6.07) is 0. The number of ether oxygens (including phenoxy) is 2. The van der Waals surface area contributed by atoms with Gasteiger partial charge in [-0.1, -0.05) is 90.9 Å². The average molecular weight is 544 g/mol. The Bertz CT molecular complexity index is 519. The summed E-state index contributed by atoms with van der Waals surface area (Å²) in [4.78, 5) is 25.0. The van der Waals surface area contributed by atoms with Gasteiger partial charge in [-0.05, 0) is 51.5 Å². The van der Waals surface area contributed by atoms with Crippen LogP contribution in [-0.2, 0) is 19.1 Å². The number of carbonyl (C=O) groups excluding carboxylic acids is 2. The lowest BCUT2D eigenvalue weighted by Crippen LogP contribution is -2.35. The van der Waals surface area contributed by atoms with Crippen LogP contribution in [0.4, 0.5) is 0 Å². The third-order valence-electron chi connectivity index (χ3n) is 7.26. The average Bonchev–Trinajstić information content (AvgIpc) is 2.91. The van der Waals surface area contributed by atoms with Crippen molar-refractivity contribution >= 4 is 12.4 Å². The number of unbranched alkanes of at least 4 members (excludes halogenated alkanes) is 12. The first-order valence-corrected chi connectivity index (χ1v) is 15.8. The minimum absolute atomic E-state index is 0.0255. The highest BCUT2D eigenvalue weighted by molar-refractivity contribution is 5.72. The molecular weight excluding hydrogens is 482 g/mol. The van der Waals surface area contributed by atoms with E-state index in [1.54, 1.807) is 0 Å². The predicted octanol–water partition coefficient (Wildman–Crippen LogP) is 6.43. The summed E-state index contributed by atoms with van der Waals surface area (Å²) >= 11 is 0. The molecule has 2 N–H and O–H groups in total. The van der Waals surface area contributed by atoms with E-state index >= 15 is 0 Å². The zero-order valence-electron chi connectivity index (χ0n) is 24.9. The first kappa shape index (κ1) is 36.8. The van der Waals surface area contributed by atoms with Gasteiger partial charge in [0, 0.05) is 13.1 Å². The number of hydrogen-bond acceptors (Lipinski definition) is 7. The highest BCUT2D eigenvalue weighted by atomic mass is 16.5. The Morgan fingerprint density at radius 3 is 1.95 bits per heavy atom. The van der Waals surface area contributed by atoms with Crippen molar-refractivity contribution in [2.24, 2.45) is 5.92 Å². The topological polar surface area (TPSA) is 96.3 Å². The molecule has 7 heteroatoms. The molecule has 226 valence electrons.